The average Bonchev–Trinajstić information content (AvgIpc) is 2.39. The molecular weight excluding hydrogens is 238 g/mol. The van der Waals surface area contributed by atoms with Crippen LogP contribution in [0.3, 0.4) is 0 Å². The minimum absolute atomic E-state index is 0.317. The van der Waals surface area contributed by atoms with E-state index in [1.54, 1.807) is 18.2 Å². The number of aromatic carboxylic acids is 1. The van der Waals surface area contributed by atoms with Gasteiger partial charge in [-0.3, -0.25) is 0 Å². The number of carboxylic acid groups (broad SMARTS) is 1. The van der Waals surface area contributed by atoms with E-state index in [0.29, 0.717) is 5.56 Å². The van der Waals surface area contributed by atoms with Crippen molar-refractivity contribution >= 4 is 5.97 Å². The summed E-state index contributed by atoms with van der Waals surface area (Å²) in [6.45, 7) is 0.827. The number of hydrogen-bond acceptors (Lipinski definition) is 2. The monoisotopic (exact) mass is 255 g/mol. The average molecular weight is 255 g/mol. The summed E-state index contributed by atoms with van der Waals surface area (Å²) in [5.41, 5.74) is 3.53. The van der Waals surface area contributed by atoms with E-state index in [0.717, 1.165) is 17.7 Å². The molecule has 0 radical (unpaired) electrons. The van der Waals surface area contributed by atoms with Crippen LogP contribution >= 0.6 is 0 Å². The number of carboxylic acids is 1. The van der Waals surface area contributed by atoms with Gasteiger partial charge in [-0.05, 0) is 42.9 Å². The summed E-state index contributed by atoms with van der Waals surface area (Å²) >= 11 is 0. The molecule has 0 aliphatic carbocycles. The van der Waals surface area contributed by atoms with Crippen molar-refractivity contribution in [3.8, 4) is 11.1 Å². The third kappa shape index (κ3) is 3.20. The molecule has 0 saturated heterocycles. The van der Waals surface area contributed by atoms with Crippen LogP contribution in [0, 0.1) is 0 Å². The smallest absolute Gasteiger partial charge is 0.335 e. The van der Waals surface area contributed by atoms with E-state index in [1.807, 2.05) is 38.4 Å². The Labute approximate surface area is 113 Å². The number of nitrogens with zero attached hydrogens (tertiary/aromatic N) is 1. The SMILES string of the molecule is CN(C)Cc1ccccc1-c1cccc(C(=O)O)c1. The van der Waals surface area contributed by atoms with Gasteiger partial charge in [-0.1, -0.05) is 36.4 Å². The molecular formula is C16H17NO2. The summed E-state index contributed by atoms with van der Waals surface area (Å²) in [6.07, 6.45) is 0. The molecule has 0 spiro atoms. The van der Waals surface area contributed by atoms with Crippen LogP contribution in [0.2, 0.25) is 0 Å². The Morgan fingerprint density at radius 3 is 2.53 bits per heavy atom. The quantitative estimate of drug-likeness (QED) is 0.912. The molecule has 1 N–H and O–H groups in total. The molecule has 0 heterocycles. The van der Waals surface area contributed by atoms with Crippen molar-refractivity contribution < 1.29 is 9.90 Å². The van der Waals surface area contributed by atoms with E-state index in [2.05, 4.69) is 11.0 Å². The zero-order valence-electron chi connectivity index (χ0n) is 11.1. The molecule has 2 rings (SSSR count). The van der Waals surface area contributed by atoms with Crippen LogP contribution < -0.4 is 0 Å². The van der Waals surface area contributed by atoms with Gasteiger partial charge in [0, 0.05) is 6.54 Å². The highest BCUT2D eigenvalue weighted by atomic mass is 16.4. The van der Waals surface area contributed by atoms with Crippen molar-refractivity contribution in [2.24, 2.45) is 0 Å². The van der Waals surface area contributed by atoms with Crippen LogP contribution in [-0.2, 0) is 6.54 Å². The molecule has 2 aromatic carbocycles. The highest BCUT2D eigenvalue weighted by Crippen LogP contribution is 2.25. The minimum atomic E-state index is -0.896. The van der Waals surface area contributed by atoms with Gasteiger partial charge in [0.2, 0.25) is 0 Å². The predicted molar refractivity (Wildman–Crippen MR) is 76.2 cm³/mol. The minimum Gasteiger partial charge on any atom is -0.478 e. The van der Waals surface area contributed by atoms with Crippen LogP contribution in [0.4, 0.5) is 0 Å². The van der Waals surface area contributed by atoms with Crippen LogP contribution in [0.25, 0.3) is 11.1 Å². The summed E-state index contributed by atoms with van der Waals surface area (Å²) in [7, 11) is 4.04. The molecule has 0 unspecified atom stereocenters. The van der Waals surface area contributed by atoms with Gasteiger partial charge in [-0.25, -0.2) is 4.79 Å². The second kappa shape index (κ2) is 5.67. The molecule has 0 bridgehead atoms. The van der Waals surface area contributed by atoms with Gasteiger partial charge in [0.1, 0.15) is 0 Å². The number of carbonyl (C=O) groups is 1. The van der Waals surface area contributed by atoms with Gasteiger partial charge < -0.3 is 10.0 Å². The predicted octanol–water partition coefficient (Wildman–Crippen LogP) is 3.11. The normalized spacial score (nSPS) is 10.7. The molecule has 0 aromatic heterocycles. The van der Waals surface area contributed by atoms with Gasteiger partial charge in [0.05, 0.1) is 5.56 Å². The topological polar surface area (TPSA) is 40.5 Å². The number of hydrogen-bond donors (Lipinski definition) is 1. The molecule has 0 fully saturated rings. The van der Waals surface area contributed by atoms with Crippen LogP contribution in [0.15, 0.2) is 48.5 Å². The van der Waals surface area contributed by atoms with Crippen LogP contribution in [0.1, 0.15) is 15.9 Å². The lowest BCUT2D eigenvalue weighted by Crippen LogP contribution is -2.11. The van der Waals surface area contributed by atoms with Crippen molar-refractivity contribution in [1.29, 1.82) is 0 Å². The van der Waals surface area contributed by atoms with Crippen molar-refractivity contribution in [1.82, 2.24) is 4.90 Å². The Hall–Kier alpha value is -2.13. The highest BCUT2D eigenvalue weighted by Gasteiger charge is 2.08. The molecule has 19 heavy (non-hydrogen) atoms. The van der Waals surface area contributed by atoms with Gasteiger partial charge in [-0.15, -0.1) is 0 Å². The van der Waals surface area contributed by atoms with Crippen LogP contribution in [-0.4, -0.2) is 30.1 Å². The molecule has 2 aromatic rings. The third-order valence-corrected chi connectivity index (χ3v) is 2.92. The van der Waals surface area contributed by atoms with E-state index in [9.17, 15) is 4.79 Å². The zero-order chi connectivity index (χ0) is 13.8. The first-order valence-electron chi connectivity index (χ1n) is 6.14. The fraction of sp³-hybridized carbons (Fsp3) is 0.188. The summed E-state index contributed by atoms with van der Waals surface area (Å²) in [5.74, 6) is -0.896. The van der Waals surface area contributed by atoms with Crippen molar-refractivity contribution in [2.45, 2.75) is 6.54 Å². The molecule has 0 aliphatic rings. The number of benzene rings is 2. The molecule has 0 saturated carbocycles. The molecule has 0 atom stereocenters. The van der Waals surface area contributed by atoms with E-state index >= 15 is 0 Å². The molecule has 3 heteroatoms. The summed E-state index contributed by atoms with van der Waals surface area (Å²) < 4.78 is 0. The summed E-state index contributed by atoms with van der Waals surface area (Å²) in [5, 5.41) is 9.06. The van der Waals surface area contributed by atoms with Gasteiger partial charge >= 0.3 is 5.97 Å². The van der Waals surface area contributed by atoms with Gasteiger partial charge in [0.25, 0.3) is 0 Å². The van der Waals surface area contributed by atoms with E-state index in [1.165, 1.54) is 5.56 Å². The second-order valence-corrected chi connectivity index (χ2v) is 4.78. The number of rotatable bonds is 4. The van der Waals surface area contributed by atoms with Gasteiger partial charge in [0.15, 0.2) is 0 Å². The molecule has 0 amide bonds. The van der Waals surface area contributed by atoms with Crippen molar-refractivity contribution in [3.63, 3.8) is 0 Å². The Morgan fingerprint density at radius 2 is 1.84 bits per heavy atom. The first kappa shape index (κ1) is 13.3. The maximum Gasteiger partial charge on any atom is 0.335 e. The fourth-order valence-electron chi connectivity index (χ4n) is 2.10. The maximum atomic E-state index is 11.0. The molecule has 0 aliphatic heterocycles. The zero-order valence-corrected chi connectivity index (χ0v) is 11.1. The maximum absolute atomic E-state index is 11.0. The summed E-state index contributed by atoms with van der Waals surface area (Å²) in [6, 6.07) is 15.1. The Morgan fingerprint density at radius 1 is 1.11 bits per heavy atom. The van der Waals surface area contributed by atoms with Crippen LogP contribution in [0.5, 0.6) is 0 Å². The fourth-order valence-corrected chi connectivity index (χ4v) is 2.10. The van der Waals surface area contributed by atoms with Crippen molar-refractivity contribution in [3.05, 3.63) is 59.7 Å². The molecule has 3 nitrogen and oxygen atoms in total. The first-order valence-corrected chi connectivity index (χ1v) is 6.14. The second-order valence-electron chi connectivity index (χ2n) is 4.78. The highest BCUT2D eigenvalue weighted by molar-refractivity contribution is 5.89. The third-order valence-electron chi connectivity index (χ3n) is 2.92. The first-order chi connectivity index (χ1) is 9.08. The largest absolute Gasteiger partial charge is 0.478 e. The Bertz CT molecular complexity index is 591. The van der Waals surface area contributed by atoms with E-state index < -0.39 is 5.97 Å². The Balaban J connectivity index is 2.46. The standard InChI is InChI=1S/C16H17NO2/c1-17(2)11-14-6-3-4-9-15(14)12-7-5-8-13(10-12)16(18)19/h3-10H,11H2,1-2H3,(H,18,19). The van der Waals surface area contributed by atoms with Crippen molar-refractivity contribution in [2.75, 3.05) is 14.1 Å². The lowest BCUT2D eigenvalue weighted by Gasteiger charge is -2.14. The lowest BCUT2D eigenvalue weighted by atomic mass is 9.98. The summed E-state index contributed by atoms with van der Waals surface area (Å²) in [4.78, 5) is 13.1. The molecule has 98 valence electrons. The van der Waals surface area contributed by atoms with Gasteiger partial charge in [-0.2, -0.15) is 0 Å². The van der Waals surface area contributed by atoms with E-state index in [4.69, 9.17) is 5.11 Å². The lowest BCUT2D eigenvalue weighted by molar-refractivity contribution is 0.0697. The Kier molecular flexibility index (Phi) is 3.97. The van der Waals surface area contributed by atoms with E-state index in [-0.39, 0.29) is 0 Å².